The van der Waals surface area contributed by atoms with Crippen molar-refractivity contribution in [1.29, 1.82) is 0 Å². The van der Waals surface area contributed by atoms with Crippen molar-refractivity contribution in [1.82, 2.24) is 19.4 Å². The molecular weight excluding hydrogens is 689 g/mol. The molecule has 0 aromatic heterocycles. The minimum Gasteiger partial charge on any atom is -0.493 e. The number of amidine groups is 1. The van der Waals surface area contributed by atoms with Crippen LogP contribution in [-0.4, -0.2) is 92.8 Å². The maximum Gasteiger partial charge on any atom is 0.326 e. The van der Waals surface area contributed by atoms with Crippen molar-refractivity contribution in [2.45, 2.75) is 23.9 Å². The lowest BCUT2D eigenvalue weighted by Crippen LogP contribution is -2.55. The molecule has 3 aliphatic heterocycles. The fourth-order valence-corrected chi connectivity index (χ4v) is 7.54. The predicted molar refractivity (Wildman–Crippen MR) is 181 cm³/mol. The Labute approximate surface area is 289 Å². The summed E-state index contributed by atoms with van der Waals surface area (Å²) in [4.78, 5) is 35.2. The Morgan fingerprint density at radius 2 is 1.62 bits per heavy atom. The number of halogens is 3. The Hall–Kier alpha value is -3.39. The number of carbonyl (C=O) groups is 2. The van der Waals surface area contributed by atoms with Crippen LogP contribution in [0.2, 0.25) is 10.0 Å². The van der Waals surface area contributed by atoms with Crippen LogP contribution in [0.1, 0.15) is 35.7 Å². The van der Waals surface area contributed by atoms with Crippen LogP contribution in [0.15, 0.2) is 76.6 Å². The van der Waals surface area contributed by atoms with E-state index in [1.807, 2.05) is 24.3 Å². The van der Waals surface area contributed by atoms with Crippen LogP contribution in [0, 0.1) is 0 Å². The van der Waals surface area contributed by atoms with E-state index in [2.05, 4.69) is 5.32 Å². The third-order valence-electron chi connectivity index (χ3n) is 8.11. The quantitative estimate of drug-likeness (QED) is 0.370. The molecule has 11 nitrogen and oxygen atoms in total. The van der Waals surface area contributed by atoms with Gasteiger partial charge in [-0.3, -0.25) is 14.7 Å². The van der Waals surface area contributed by atoms with Crippen LogP contribution in [-0.2, 0) is 19.6 Å². The number of urea groups is 1. The summed E-state index contributed by atoms with van der Waals surface area (Å²) in [5, 5.41) is 3.85. The van der Waals surface area contributed by atoms with E-state index in [4.69, 9.17) is 37.7 Å². The summed E-state index contributed by atoms with van der Waals surface area (Å²) >= 11 is 12.5. The van der Waals surface area contributed by atoms with Gasteiger partial charge in [0.1, 0.15) is 24.2 Å². The van der Waals surface area contributed by atoms with Gasteiger partial charge in [0.2, 0.25) is 15.9 Å². The van der Waals surface area contributed by atoms with Gasteiger partial charge in [-0.25, -0.2) is 13.2 Å². The van der Waals surface area contributed by atoms with Gasteiger partial charge < -0.3 is 19.7 Å². The number of amides is 3. The zero-order chi connectivity index (χ0) is 32.4. The zero-order valence-corrected chi connectivity index (χ0v) is 28.6. The van der Waals surface area contributed by atoms with Gasteiger partial charge in [0.25, 0.3) is 0 Å². The molecule has 2 saturated heterocycles. The number of benzene rings is 3. The van der Waals surface area contributed by atoms with Gasteiger partial charge in [-0.2, -0.15) is 4.31 Å². The second kappa shape index (κ2) is 14.8. The molecule has 3 aromatic carbocycles. The first-order valence-corrected chi connectivity index (χ1v) is 17.2. The molecule has 6 rings (SSSR count). The van der Waals surface area contributed by atoms with Crippen LogP contribution >= 0.6 is 35.6 Å². The average Bonchev–Trinajstić information content (AvgIpc) is 3.46. The predicted octanol–water partition coefficient (Wildman–Crippen LogP) is 4.93. The maximum atomic E-state index is 14.5. The smallest absolute Gasteiger partial charge is 0.326 e. The highest BCUT2D eigenvalue weighted by Gasteiger charge is 2.45. The number of rotatable bonds is 7. The van der Waals surface area contributed by atoms with Gasteiger partial charge in [-0.1, -0.05) is 47.5 Å². The Kier molecular flexibility index (Phi) is 11.0. The Morgan fingerprint density at radius 3 is 2.23 bits per heavy atom. The number of aliphatic imine (C=N–C) groups is 1. The molecule has 0 saturated carbocycles. The van der Waals surface area contributed by atoms with Gasteiger partial charge in [0.05, 0.1) is 36.3 Å². The average molecular weight is 723 g/mol. The lowest BCUT2D eigenvalue weighted by Gasteiger charge is -2.36. The summed E-state index contributed by atoms with van der Waals surface area (Å²) in [6, 6.07) is 17.4. The van der Waals surface area contributed by atoms with E-state index in [0.29, 0.717) is 41.9 Å². The minimum atomic E-state index is -3.84. The Bertz CT molecular complexity index is 1750. The standard InChI is InChI=1S/C32H33Cl2N5O6S.ClH/c1-2-45-27-19-25(46(42,43)38-15-17-44-18-16-38)11-12-26(27)31-36-29(21-3-7-23(33)8-4-21)30(22-5-9-24(34)10-6-22)39(31)32(41)37-14-13-35-28(40)20-37;/h3-12,19,29-30H,2,13-18,20H2,1H3,(H,35,40);1H/t29-,30+;/m0./s1. The summed E-state index contributed by atoms with van der Waals surface area (Å²) in [6.45, 7) is 3.67. The summed E-state index contributed by atoms with van der Waals surface area (Å²) in [5.41, 5.74) is 2.01. The molecule has 3 aromatic rings. The van der Waals surface area contributed by atoms with Crippen LogP contribution < -0.4 is 10.1 Å². The number of nitrogens with one attached hydrogen (secondary N) is 1. The summed E-state index contributed by atoms with van der Waals surface area (Å²) in [5.74, 6) is 0.285. The lowest BCUT2D eigenvalue weighted by molar-refractivity contribution is -0.123. The number of ether oxygens (including phenoxy) is 2. The second-order valence-electron chi connectivity index (χ2n) is 11.0. The molecule has 3 heterocycles. The fourth-order valence-electron chi connectivity index (χ4n) is 5.87. The van der Waals surface area contributed by atoms with Crippen LogP contribution in [0.25, 0.3) is 0 Å². The molecule has 0 radical (unpaired) electrons. The van der Waals surface area contributed by atoms with Gasteiger partial charge in [0, 0.05) is 42.3 Å². The van der Waals surface area contributed by atoms with E-state index in [1.165, 1.54) is 21.3 Å². The van der Waals surface area contributed by atoms with Crippen molar-refractivity contribution in [3.8, 4) is 5.75 Å². The van der Waals surface area contributed by atoms with Gasteiger partial charge in [0.15, 0.2) is 0 Å². The molecule has 47 heavy (non-hydrogen) atoms. The first kappa shape index (κ1) is 34.9. The van der Waals surface area contributed by atoms with Gasteiger partial charge in [-0.05, 0) is 54.4 Å². The number of nitrogens with zero attached hydrogens (tertiary/aromatic N) is 4. The third kappa shape index (κ3) is 7.23. The van der Waals surface area contributed by atoms with Crippen molar-refractivity contribution in [3.05, 3.63) is 93.5 Å². The molecule has 15 heteroatoms. The maximum absolute atomic E-state index is 14.5. The minimum absolute atomic E-state index is 0. The van der Waals surface area contributed by atoms with E-state index in [9.17, 15) is 18.0 Å². The first-order chi connectivity index (χ1) is 22.2. The van der Waals surface area contributed by atoms with Crippen molar-refractivity contribution >= 4 is 63.4 Å². The van der Waals surface area contributed by atoms with Crippen LogP contribution in [0.4, 0.5) is 4.79 Å². The van der Waals surface area contributed by atoms with E-state index < -0.39 is 28.1 Å². The number of hydrogen-bond donors (Lipinski definition) is 1. The fraction of sp³-hybridized carbons (Fsp3) is 0.344. The molecule has 3 aliphatic rings. The largest absolute Gasteiger partial charge is 0.493 e. The van der Waals surface area contributed by atoms with Crippen molar-refractivity contribution < 1.29 is 27.5 Å². The molecule has 250 valence electrons. The second-order valence-corrected chi connectivity index (χ2v) is 13.8. The number of hydrogen-bond acceptors (Lipinski definition) is 7. The molecule has 3 amide bonds. The molecule has 2 atom stereocenters. The summed E-state index contributed by atoms with van der Waals surface area (Å²) in [7, 11) is -3.84. The molecule has 1 N–H and O–H groups in total. The Balaban J connectivity index is 0.00000433. The monoisotopic (exact) mass is 721 g/mol. The lowest BCUT2D eigenvalue weighted by atomic mass is 9.93. The normalized spacial score (nSPS) is 20.3. The zero-order valence-electron chi connectivity index (χ0n) is 25.5. The van der Waals surface area contributed by atoms with Crippen molar-refractivity contribution in [2.24, 2.45) is 4.99 Å². The number of sulfonamides is 1. The topological polar surface area (TPSA) is 121 Å². The van der Waals surface area contributed by atoms with Gasteiger partial charge in [-0.15, -0.1) is 12.4 Å². The highest BCUT2D eigenvalue weighted by molar-refractivity contribution is 7.89. The van der Waals surface area contributed by atoms with E-state index in [1.54, 1.807) is 42.2 Å². The molecular formula is C32H34Cl3N5O6S. The SMILES string of the molecule is CCOc1cc(S(=O)(=O)N2CCOCC2)ccc1C1=N[C@@H](c2ccc(Cl)cc2)[C@@H](c2ccc(Cl)cc2)N1C(=O)N1CCNC(=O)C1.Cl. The molecule has 0 unspecified atom stereocenters. The van der Waals surface area contributed by atoms with E-state index in [0.717, 1.165) is 11.1 Å². The molecule has 2 fully saturated rings. The number of piperazine rings is 1. The Morgan fingerprint density at radius 1 is 0.979 bits per heavy atom. The van der Waals surface area contributed by atoms with Crippen molar-refractivity contribution in [2.75, 3.05) is 52.5 Å². The third-order valence-corrected chi connectivity index (χ3v) is 10.5. The number of morpholine rings is 1. The van der Waals surface area contributed by atoms with Gasteiger partial charge >= 0.3 is 6.03 Å². The first-order valence-electron chi connectivity index (χ1n) is 15.0. The molecule has 0 spiro atoms. The van der Waals surface area contributed by atoms with Crippen LogP contribution in [0.3, 0.4) is 0 Å². The highest BCUT2D eigenvalue weighted by Crippen LogP contribution is 2.45. The van der Waals surface area contributed by atoms with E-state index in [-0.39, 0.29) is 61.0 Å². The van der Waals surface area contributed by atoms with Crippen LogP contribution in [0.5, 0.6) is 5.75 Å². The summed E-state index contributed by atoms with van der Waals surface area (Å²) < 4.78 is 39.9. The molecule has 0 bridgehead atoms. The van der Waals surface area contributed by atoms with E-state index >= 15 is 0 Å². The number of carbonyl (C=O) groups excluding carboxylic acids is 2. The molecule has 0 aliphatic carbocycles. The highest BCUT2D eigenvalue weighted by atomic mass is 35.5. The van der Waals surface area contributed by atoms with Crippen molar-refractivity contribution in [3.63, 3.8) is 0 Å². The summed E-state index contributed by atoms with van der Waals surface area (Å²) in [6.07, 6.45) is 0.